The predicted molar refractivity (Wildman–Crippen MR) is 78.3 cm³/mol. The lowest BCUT2D eigenvalue weighted by Crippen LogP contribution is -2.45. The molecule has 5 heteroatoms. The Bertz CT molecular complexity index is 586. The number of hydrogen-bond acceptors (Lipinski definition) is 3. The second-order valence-corrected chi connectivity index (χ2v) is 6.44. The molecule has 1 saturated carbocycles. The Hall–Kier alpha value is -1.20. The molecule has 0 spiro atoms. The Morgan fingerprint density at radius 3 is 2.85 bits per heavy atom. The molecule has 1 aromatic rings. The summed E-state index contributed by atoms with van der Waals surface area (Å²) < 4.78 is 0.784. The number of aliphatic hydroxyl groups is 1. The summed E-state index contributed by atoms with van der Waals surface area (Å²) >= 11 is 3.36. The van der Waals surface area contributed by atoms with Gasteiger partial charge in [0.05, 0.1) is 5.92 Å². The number of amides is 1. The Balaban J connectivity index is 2.09. The maximum absolute atomic E-state index is 12.3. The second kappa shape index (κ2) is 4.97. The quantitative estimate of drug-likeness (QED) is 0.774. The minimum atomic E-state index is -1.72. The van der Waals surface area contributed by atoms with Gasteiger partial charge in [-0.3, -0.25) is 9.59 Å². The SMILES string of the molecule is O=C1CCCCC[C@@H]1[C@]1(O)C(=O)Nc2ccc(Br)cc21. The number of benzene rings is 1. The van der Waals surface area contributed by atoms with Crippen molar-refractivity contribution in [3.63, 3.8) is 0 Å². The summed E-state index contributed by atoms with van der Waals surface area (Å²) in [5.74, 6) is -1.13. The molecule has 0 bridgehead atoms. The number of carbonyl (C=O) groups excluding carboxylic acids is 2. The van der Waals surface area contributed by atoms with Crippen LogP contribution in [0.4, 0.5) is 5.69 Å². The van der Waals surface area contributed by atoms with Gasteiger partial charge in [-0.15, -0.1) is 0 Å². The lowest BCUT2D eigenvalue weighted by atomic mass is 9.77. The van der Waals surface area contributed by atoms with Gasteiger partial charge in [0.2, 0.25) is 0 Å². The molecule has 1 aliphatic heterocycles. The van der Waals surface area contributed by atoms with Gasteiger partial charge < -0.3 is 10.4 Å². The highest BCUT2D eigenvalue weighted by molar-refractivity contribution is 9.10. The molecule has 2 N–H and O–H groups in total. The maximum Gasteiger partial charge on any atom is 0.261 e. The van der Waals surface area contributed by atoms with Crippen molar-refractivity contribution >= 4 is 33.3 Å². The summed E-state index contributed by atoms with van der Waals surface area (Å²) in [4.78, 5) is 24.6. The average molecular weight is 338 g/mol. The predicted octanol–water partition coefficient (Wildman–Crippen LogP) is 2.74. The summed E-state index contributed by atoms with van der Waals surface area (Å²) in [5.41, 5.74) is -0.615. The van der Waals surface area contributed by atoms with E-state index < -0.39 is 17.4 Å². The van der Waals surface area contributed by atoms with E-state index in [2.05, 4.69) is 21.2 Å². The fourth-order valence-corrected chi connectivity index (χ4v) is 3.59. The Kier molecular flexibility index (Phi) is 3.42. The monoisotopic (exact) mass is 337 g/mol. The molecule has 0 aromatic heterocycles. The fourth-order valence-electron chi connectivity index (χ4n) is 3.23. The Labute approximate surface area is 125 Å². The third-order valence-electron chi connectivity index (χ3n) is 4.30. The van der Waals surface area contributed by atoms with Crippen LogP contribution in [-0.2, 0) is 15.2 Å². The molecule has 20 heavy (non-hydrogen) atoms. The first-order chi connectivity index (χ1) is 9.53. The number of rotatable bonds is 1. The number of anilines is 1. The first-order valence-corrected chi connectivity index (χ1v) is 7.69. The molecule has 1 aromatic carbocycles. The van der Waals surface area contributed by atoms with Gasteiger partial charge in [0.15, 0.2) is 5.60 Å². The molecule has 0 radical (unpaired) electrons. The summed E-state index contributed by atoms with van der Waals surface area (Å²) in [6.45, 7) is 0. The van der Waals surface area contributed by atoms with Gasteiger partial charge in [0.1, 0.15) is 5.78 Å². The standard InChI is InChI=1S/C15H16BrNO3/c16-9-6-7-12-11(8-9)15(20,14(19)17-12)10-4-2-1-3-5-13(10)18/h6-8,10,20H,1-5H2,(H,17,19)/t10-,15+/m0/s1. The number of Topliss-reactive ketones (excluding diaryl/α,β-unsaturated/α-hetero) is 1. The average Bonchev–Trinajstić information content (AvgIpc) is 2.57. The molecule has 1 fully saturated rings. The number of halogens is 1. The minimum absolute atomic E-state index is 0.00650. The molecule has 1 heterocycles. The number of ketones is 1. The highest BCUT2D eigenvalue weighted by Crippen LogP contribution is 2.45. The van der Waals surface area contributed by atoms with E-state index in [9.17, 15) is 14.7 Å². The van der Waals surface area contributed by atoms with Crippen LogP contribution in [0.5, 0.6) is 0 Å². The second-order valence-electron chi connectivity index (χ2n) is 5.53. The first-order valence-electron chi connectivity index (χ1n) is 6.90. The molecule has 1 aliphatic carbocycles. The van der Waals surface area contributed by atoms with Crippen LogP contribution in [0.2, 0.25) is 0 Å². The van der Waals surface area contributed by atoms with Crippen LogP contribution in [0.25, 0.3) is 0 Å². The molecule has 0 unspecified atom stereocenters. The van der Waals surface area contributed by atoms with Crippen LogP contribution in [0, 0.1) is 5.92 Å². The smallest absolute Gasteiger partial charge is 0.261 e. The maximum atomic E-state index is 12.3. The van der Waals surface area contributed by atoms with Crippen LogP contribution in [0.15, 0.2) is 22.7 Å². The van der Waals surface area contributed by atoms with E-state index in [-0.39, 0.29) is 5.78 Å². The topological polar surface area (TPSA) is 66.4 Å². The number of fused-ring (bicyclic) bond motifs is 1. The molecule has 1 amide bonds. The molecule has 2 aliphatic rings. The van der Waals surface area contributed by atoms with Gasteiger partial charge in [-0.25, -0.2) is 0 Å². The zero-order chi connectivity index (χ0) is 14.3. The van der Waals surface area contributed by atoms with Crippen molar-refractivity contribution in [1.29, 1.82) is 0 Å². The minimum Gasteiger partial charge on any atom is -0.375 e. The van der Waals surface area contributed by atoms with E-state index in [1.807, 2.05) is 0 Å². The summed E-state index contributed by atoms with van der Waals surface area (Å²) in [6, 6.07) is 5.28. The molecular formula is C15H16BrNO3. The molecule has 0 saturated heterocycles. The Morgan fingerprint density at radius 1 is 1.25 bits per heavy atom. The normalized spacial score (nSPS) is 29.8. The number of carbonyl (C=O) groups is 2. The highest BCUT2D eigenvalue weighted by atomic mass is 79.9. The van der Waals surface area contributed by atoms with Crippen LogP contribution in [0.1, 0.15) is 37.7 Å². The third kappa shape index (κ3) is 2.00. The van der Waals surface area contributed by atoms with E-state index in [0.29, 0.717) is 24.1 Å². The van der Waals surface area contributed by atoms with Crippen LogP contribution < -0.4 is 5.32 Å². The van der Waals surface area contributed by atoms with Gasteiger partial charge in [0.25, 0.3) is 5.91 Å². The van der Waals surface area contributed by atoms with E-state index in [1.54, 1.807) is 18.2 Å². The first kappa shape index (κ1) is 13.8. The van der Waals surface area contributed by atoms with E-state index in [4.69, 9.17) is 0 Å². The molecule has 2 atom stereocenters. The molecular weight excluding hydrogens is 322 g/mol. The van der Waals surface area contributed by atoms with Crippen LogP contribution in [0.3, 0.4) is 0 Å². The van der Waals surface area contributed by atoms with Gasteiger partial charge >= 0.3 is 0 Å². The van der Waals surface area contributed by atoms with Crippen molar-refractivity contribution < 1.29 is 14.7 Å². The van der Waals surface area contributed by atoms with Crippen molar-refractivity contribution in [2.24, 2.45) is 5.92 Å². The third-order valence-corrected chi connectivity index (χ3v) is 4.79. The summed E-state index contributed by atoms with van der Waals surface area (Å²) in [7, 11) is 0. The zero-order valence-corrected chi connectivity index (χ0v) is 12.6. The van der Waals surface area contributed by atoms with Crippen LogP contribution >= 0.6 is 15.9 Å². The van der Waals surface area contributed by atoms with Crippen molar-refractivity contribution in [3.8, 4) is 0 Å². The van der Waals surface area contributed by atoms with Crippen molar-refractivity contribution in [2.45, 2.75) is 37.7 Å². The molecule has 106 valence electrons. The van der Waals surface area contributed by atoms with Gasteiger partial charge in [-0.05, 0) is 31.0 Å². The lowest BCUT2D eigenvalue weighted by molar-refractivity contribution is -0.148. The van der Waals surface area contributed by atoms with E-state index in [1.165, 1.54) is 0 Å². The molecule has 4 nitrogen and oxygen atoms in total. The number of nitrogens with one attached hydrogen (secondary N) is 1. The van der Waals surface area contributed by atoms with Crippen molar-refractivity contribution in [3.05, 3.63) is 28.2 Å². The molecule has 3 rings (SSSR count). The Morgan fingerprint density at radius 2 is 2.05 bits per heavy atom. The van der Waals surface area contributed by atoms with Crippen molar-refractivity contribution in [1.82, 2.24) is 0 Å². The van der Waals surface area contributed by atoms with E-state index in [0.717, 1.165) is 23.7 Å². The summed E-state index contributed by atoms with van der Waals surface area (Å²) in [5, 5.41) is 13.7. The number of hydrogen-bond donors (Lipinski definition) is 2. The van der Waals surface area contributed by atoms with Gasteiger partial charge in [-0.1, -0.05) is 28.8 Å². The van der Waals surface area contributed by atoms with Gasteiger partial charge in [-0.2, -0.15) is 0 Å². The largest absolute Gasteiger partial charge is 0.375 e. The van der Waals surface area contributed by atoms with Crippen LogP contribution in [-0.4, -0.2) is 16.8 Å². The van der Waals surface area contributed by atoms with Crippen molar-refractivity contribution in [2.75, 3.05) is 5.32 Å². The lowest BCUT2D eigenvalue weighted by Gasteiger charge is -2.29. The highest BCUT2D eigenvalue weighted by Gasteiger charge is 2.53. The van der Waals surface area contributed by atoms with E-state index >= 15 is 0 Å². The fraction of sp³-hybridized carbons (Fsp3) is 0.467. The zero-order valence-electron chi connectivity index (χ0n) is 11.0. The van der Waals surface area contributed by atoms with Gasteiger partial charge in [0, 0.05) is 22.1 Å². The summed E-state index contributed by atoms with van der Waals surface area (Å²) in [6.07, 6.45) is 3.71.